The maximum Gasteiger partial charge on any atom is 0.0605 e. The Bertz CT molecular complexity index is 202. The molecular formula is C2H5N8P. The molecule has 1 N–H and O–H groups in total. The van der Waals surface area contributed by atoms with E-state index in [0.717, 1.165) is 0 Å². The van der Waals surface area contributed by atoms with Crippen LogP contribution in [-0.4, -0.2) is 5.80 Å². The molecule has 0 unspecified atom stereocenters. The molecule has 0 aliphatic carbocycles. The quantitative estimate of drug-likeness (QED) is 0.382. The molecule has 8 nitrogen and oxygen atoms in total. The van der Waals surface area contributed by atoms with Crippen molar-refractivity contribution in [3.05, 3.63) is 0 Å². The van der Waals surface area contributed by atoms with Gasteiger partial charge in [0.05, 0.1) is 8.35 Å². The van der Waals surface area contributed by atoms with E-state index in [-0.39, 0.29) is 0 Å². The third-order valence-electron chi connectivity index (χ3n) is 0.412. The van der Waals surface area contributed by atoms with Crippen molar-refractivity contribution >= 4 is 14.2 Å². The van der Waals surface area contributed by atoms with Gasteiger partial charge in [-0.25, -0.2) is 0 Å². The molecule has 0 atom stereocenters. The zero-order valence-corrected chi connectivity index (χ0v) is 6.55. The number of hydrogen-bond acceptors (Lipinski definition) is 2. The van der Waals surface area contributed by atoms with Gasteiger partial charge in [0.2, 0.25) is 0 Å². The van der Waals surface area contributed by atoms with Crippen LogP contribution in [0.4, 0.5) is 0 Å². The van der Waals surface area contributed by atoms with Crippen LogP contribution in [0.3, 0.4) is 0 Å². The number of nitrogens with zero attached hydrogens (tertiary/aromatic N) is 7. The average Bonchev–Trinajstić information content (AvgIpc) is 2.03. The number of nitrogens with one attached hydrogen (secondary N) is 1. The molecule has 0 heterocycles. The molecule has 0 aliphatic rings. The van der Waals surface area contributed by atoms with Gasteiger partial charge in [0.25, 0.3) is 0 Å². The lowest BCUT2D eigenvalue weighted by Crippen LogP contribution is -1.45. The first-order valence-corrected chi connectivity index (χ1v) is 3.38. The summed E-state index contributed by atoms with van der Waals surface area (Å²) in [6.45, 7) is 1.83. The molecule has 9 heteroatoms. The highest BCUT2D eigenvalue weighted by molar-refractivity contribution is 7.36. The molecule has 0 saturated heterocycles. The van der Waals surface area contributed by atoms with E-state index in [4.69, 9.17) is 5.53 Å². The zero-order valence-electron chi connectivity index (χ0n) is 5.66. The van der Waals surface area contributed by atoms with Gasteiger partial charge in [-0.3, -0.25) is 0 Å². The van der Waals surface area contributed by atoms with Crippen molar-refractivity contribution in [2.75, 3.05) is 0 Å². The van der Waals surface area contributed by atoms with E-state index in [1.54, 1.807) is 5.80 Å². The predicted octanol–water partition coefficient (Wildman–Crippen LogP) is 2.80. The lowest BCUT2D eigenvalue weighted by molar-refractivity contribution is 0.796. The zero-order chi connectivity index (χ0) is 8.36. The Labute approximate surface area is 63.8 Å². The summed E-state index contributed by atoms with van der Waals surface area (Å²) >= 11 is 0. The lowest BCUT2D eigenvalue weighted by atomic mass is 11.0. The molecule has 0 aliphatic heterocycles. The molecule has 11 heavy (non-hydrogen) atoms. The summed E-state index contributed by atoms with van der Waals surface area (Å²) in [7, 11) is 0.696. The normalized spacial score (nSPS) is 12.8. The molecular weight excluding hydrogens is 167 g/mol. The second-order valence-corrected chi connectivity index (χ2v) is 1.94. The Morgan fingerprint density at radius 2 is 1.73 bits per heavy atom. The highest BCUT2D eigenvalue weighted by Crippen LogP contribution is 1.96. The maximum atomic E-state index is 6.15. The summed E-state index contributed by atoms with van der Waals surface area (Å²) in [6.07, 6.45) is 0. The SMILES string of the molecule is CC=PN=NN=NN=NN=N. The molecule has 0 spiro atoms. The number of rotatable bonds is 4. The molecule has 0 aromatic carbocycles. The van der Waals surface area contributed by atoms with E-state index in [2.05, 4.69) is 36.2 Å². The van der Waals surface area contributed by atoms with Gasteiger partial charge in [-0.1, -0.05) is 0 Å². The summed E-state index contributed by atoms with van der Waals surface area (Å²) < 4.78 is 0. The van der Waals surface area contributed by atoms with Crippen molar-refractivity contribution in [1.82, 2.24) is 0 Å². The molecule has 0 bridgehead atoms. The van der Waals surface area contributed by atoms with E-state index >= 15 is 0 Å². The van der Waals surface area contributed by atoms with Crippen LogP contribution in [0.15, 0.2) is 36.2 Å². The third kappa shape index (κ3) is 8.57. The van der Waals surface area contributed by atoms with Crippen LogP contribution in [0.1, 0.15) is 6.92 Å². The van der Waals surface area contributed by atoms with Crippen molar-refractivity contribution in [3.63, 3.8) is 0 Å². The maximum absolute atomic E-state index is 6.15. The topological polar surface area (TPSA) is 110 Å². The van der Waals surface area contributed by atoms with Crippen molar-refractivity contribution in [3.8, 4) is 0 Å². The van der Waals surface area contributed by atoms with E-state index in [1.807, 2.05) is 6.92 Å². The minimum atomic E-state index is 0.696. The van der Waals surface area contributed by atoms with Gasteiger partial charge >= 0.3 is 0 Å². The minimum absolute atomic E-state index is 0.696. The number of hydrogen-bond donors (Lipinski definition) is 1. The van der Waals surface area contributed by atoms with E-state index in [1.165, 1.54) is 0 Å². The molecule has 0 saturated carbocycles. The van der Waals surface area contributed by atoms with Crippen LogP contribution in [0.25, 0.3) is 0 Å². The fraction of sp³-hybridized carbons (Fsp3) is 0.500. The summed E-state index contributed by atoms with van der Waals surface area (Å²) in [6, 6.07) is 0. The smallest absolute Gasteiger partial charge is 0.0605 e. The van der Waals surface area contributed by atoms with Gasteiger partial charge in [0, 0.05) is 0 Å². The van der Waals surface area contributed by atoms with Gasteiger partial charge in [0.15, 0.2) is 0 Å². The van der Waals surface area contributed by atoms with E-state index < -0.39 is 0 Å². The first kappa shape index (κ1) is 9.57. The van der Waals surface area contributed by atoms with Gasteiger partial charge in [-0.2, -0.15) is 5.53 Å². The van der Waals surface area contributed by atoms with Crippen molar-refractivity contribution in [1.29, 1.82) is 5.53 Å². The Hall–Kier alpha value is -1.43. The van der Waals surface area contributed by atoms with Crippen LogP contribution in [0.2, 0.25) is 0 Å². The van der Waals surface area contributed by atoms with Crippen LogP contribution in [0, 0.1) is 5.53 Å². The minimum Gasteiger partial charge on any atom is -0.183 e. The van der Waals surface area contributed by atoms with E-state index in [0.29, 0.717) is 8.35 Å². The highest BCUT2D eigenvalue weighted by atomic mass is 31.1. The van der Waals surface area contributed by atoms with Crippen LogP contribution >= 0.6 is 8.35 Å². The van der Waals surface area contributed by atoms with Crippen molar-refractivity contribution < 1.29 is 0 Å². The predicted molar refractivity (Wildman–Crippen MR) is 38.4 cm³/mol. The molecule has 0 aromatic heterocycles. The summed E-state index contributed by atoms with van der Waals surface area (Å²) in [4.78, 5) is 3.49. The second-order valence-electron chi connectivity index (χ2n) is 1.01. The first-order valence-electron chi connectivity index (χ1n) is 2.46. The summed E-state index contributed by atoms with van der Waals surface area (Å²) in [5.41, 5.74) is 6.15. The Balaban J connectivity index is 3.59. The van der Waals surface area contributed by atoms with Crippen LogP contribution in [0.5, 0.6) is 0 Å². The van der Waals surface area contributed by atoms with Gasteiger partial charge in [-0.15, -0.1) is 4.88 Å². The highest BCUT2D eigenvalue weighted by Gasteiger charge is 1.64. The Kier molecular flexibility index (Phi) is 7.46. The molecule has 0 amide bonds. The molecule has 0 rings (SSSR count). The molecule has 58 valence electrons. The van der Waals surface area contributed by atoms with Crippen molar-refractivity contribution in [2.45, 2.75) is 6.92 Å². The van der Waals surface area contributed by atoms with Crippen LogP contribution < -0.4 is 0 Å². The summed E-state index contributed by atoms with van der Waals surface area (Å²) in [5.74, 6) is 1.78. The molecule has 0 radical (unpaired) electrons. The first-order chi connectivity index (χ1) is 5.41. The molecule has 0 fully saturated rings. The largest absolute Gasteiger partial charge is 0.183 e. The Morgan fingerprint density at radius 1 is 1.09 bits per heavy atom. The van der Waals surface area contributed by atoms with Crippen LogP contribution in [-0.2, 0) is 0 Å². The third-order valence-corrected chi connectivity index (χ3v) is 0.826. The second kappa shape index (κ2) is 8.57. The average molecular weight is 172 g/mol. The molecule has 0 aromatic rings. The van der Waals surface area contributed by atoms with Gasteiger partial charge in [-0.05, 0) is 44.1 Å². The fourth-order valence-corrected chi connectivity index (χ4v) is 0.352. The summed E-state index contributed by atoms with van der Waals surface area (Å²) in [5, 5.41) is 17.7. The Morgan fingerprint density at radius 3 is 2.36 bits per heavy atom. The van der Waals surface area contributed by atoms with Crippen molar-refractivity contribution in [2.24, 2.45) is 36.2 Å². The lowest BCUT2D eigenvalue weighted by Gasteiger charge is -1.67. The monoisotopic (exact) mass is 172 g/mol. The van der Waals surface area contributed by atoms with E-state index in [9.17, 15) is 0 Å². The van der Waals surface area contributed by atoms with Gasteiger partial charge in [0.1, 0.15) is 0 Å². The fourth-order valence-electron chi connectivity index (χ4n) is 0.166. The standard InChI is InChI=1S/C2H5N8P/c1-2-11-10-9-8-7-6-5-4-3/h2-3H,1H3. The van der Waals surface area contributed by atoms with Gasteiger partial charge < -0.3 is 0 Å².